The quantitative estimate of drug-likeness (QED) is 0.295. The van der Waals surface area contributed by atoms with Gasteiger partial charge in [0.25, 0.3) is 5.91 Å². The van der Waals surface area contributed by atoms with Gasteiger partial charge in [0.2, 0.25) is 0 Å². The van der Waals surface area contributed by atoms with Gasteiger partial charge in [-0.3, -0.25) is 14.4 Å². The summed E-state index contributed by atoms with van der Waals surface area (Å²) in [7, 11) is 3.35. The highest BCUT2D eigenvalue weighted by atomic mass is 35.5. The summed E-state index contributed by atoms with van der Waals surface area (Å²) in [6.45, 7) is 3.15. The number of benzene rings is 1. The van der Waals surface area contributed by atoms with Gasteiger partial charge in [0.1, 0.15) is 23.7 Å². The maximum Gasteiger partial charge on any atom is 0.323 e. The molecule has 2 saturated heterocycles. The van der Waals surface area contributed by atoms with Gasteiger partial charge in [-0.15, -0.1) is 0 Å². The second-order valence-corrected chi connectivity index (χ2v) is 14.8. The average Bonchev–Trinajstić information content (AvgIpc) is 3.66. The van der Waals surface area contributed by atoms with Gasteiger partial charge in [-0.05, 0) is 62.8 Å². The first-order chi connectivity index (χ1) is 24.1. The first-order valence-electron chi connectivity index (χ1n) is 17.4. The number of nitriles is 1. The monoisotopic (exact) mass is 701 g/mol. The van der Waals surface area contributed by atoms with Crippen molar-refractivity contribution in [3.05, 3.63) is 68.8 Å². The molecule has 1 spiro atoms. The average molecular weight is 702 g/mol. The number of carbonyl (C=O) groups is 1. The number of alkyl halides is 1. The number of amides is 1. The second kappa shape index (κ2) is 12.5. The van der Waals surface area contributed by atoms with Crippen LogP contribution in [0.4, 0.5) is 15.9 Å². The van der Waals surface area contributed by atoms with Crippen LogP contribution in [0.25, 0.3) is 0 Å². The predicted octanol–water partition coefficient (Wildman–Crippen LogP) is 4.67. The predicted molar refractivity (Wildman–Crippen MR) is 184 cm³/mol. The van der Waals surface area contributed by atoms with E-state index in [0.29, 0.717) is 61.1 Å². The van der Waals surface area contributed by atoms with E-state index >= 15 is 0 Å². The standard InChI is InChI=1S/C36H41ClFN9O3/c1-44(2)33(48)31-30(37)28-20-45(12-5-14-47(28)43-31)32-25-21-50-36(10-3-6-22-7-8-26(40)24(18-39)29(22)36)17-27(25)41-34(42-32)49-15-11-35-9-4-13-46(35)19-23(38)16-35/h7-8,11,15,23H,3-6,9-10,12-14,16-17,19-21,40H2,1-2H3/b15-11+/t23-,35?,36-/m1/s1. The third-order valence-electron chi connectivity index (χ3n) is 11.2. The number of carbonyl (C=O) groups excluding carboxylic acids is 1. The van der Waals surface area contributed by atoms with Gasteiger partial charge < -0.3 is 25.0 Å². The van der Waals surface area contributed by atoms with Crippen molar-refractivity contribution in [2.75, 3.05) is 44.4 Å². The Morgan fingerprint density at radius 2 is 2.08 bits per heavy atom. The minimum Gasteiger partial charge on any atom is -0.432 e. The number of rotatable bonds is 5. The molecule has 2 N–H and O–H groups in total. The summed E-state index contributed by atoms with van der Waals surface area (Å²) in [6, 6.07) is 6.34. The van der Waals surface area contributed by atoms with Crippen molar-refractivity contribution < 1.29 is 18.7 Å². The van der Waals surface area contributed by atoms with Crippen molar-refractivity contribution in [2.45, 2.75) is 88.4 Å². The van der Waals surface area contributed by atoms with Crippen LogP contribution in [0.1, 0.15) is 82.7 Å². The lowest BCUT2D eigenvalue weighted by Crippen LogP contribution is -2.41. The molecule has 0 radical (unpaired) electrons. The SMILES string of the molecule is CN(C)C(=O)c1nn2c(c1Cl)CN(c1nc(O/C=C/C34CCCN3C[C@H](F)C4)nc3c1CO[C@]1(CCCc4ccc(N)c(C#N)c41)C3)CCC2. The van der Waals surface area contributed by atoms with Crippen LogP contribution in [0.2, 0.25) is 5.02 Å². The number of anilines is 2. The fourth-order valence-electron chi connectivity index (χ4n) is 8.79. The number of halogens is 2. The molecule has 50 heavy (non-hydrogen) atoms. The van der Waals surface area contributed by atoms with E-state index in [0.717, 1.165) is 73.1 Å². The molecule has 5 aliphatic rings. The number of nitrogen functional groups attached to an aromatic ring is 1. The third kappa shape index (κ3) is 5.39. The normalized spacial score (nSPS) is 25.9. The zero-order valence-electron chi connectivity index (χ0n) is 28.4. The van der Waals surface area contributed by atoms with E-state index in [-0.39, 0.29) is 29.8 Å². The Morgan fingerprint density at radius 3 is 2.90 bits per heavy atom. The molecule has 1 aliphatic carbocycles. The molecule has 14 heteroatoms. The van der Waals surface area contributed by atoms with Crippen LogP contribution in [-0.4, -0.2) is 80.9 Å². The number of nitrogens with two attached hydrogens (primary N) is 1. The summed E-state index contributed by atoms with van der Waals surface area (Å²) in [5.41, 5.74) is 10.6. The molecule has 2 fully saturated rings. The highest BCUT2D eigenvalue weighted by Crippen LogP contribution is 2.48. The van der Waals surface area contributed by atoms with Crippen molar-refractivity contribution >= 4 is 29.0 Å². The Morgan fingerprint density at radius 1 is 1.22 bits per heavy atom. The number of aryl methyl sites for hydroxylation is 2. The van der Waals surface area contributed by atoms with E-state index in [1.165, 1.54) is 4.90 Å². The van der Waals surface area contributed by atoms with Crippen LogP contribution < -0.4 is 15.4 Å². The summed E-state index contributed by atoms with van der Waals surface area (Å²) in [6.07, 6.45) is 8.70. The zero-order valence-corrected chi connectivity index (χ0v) is 29.2. The number of fused-ring (bicyclic) bond motifs is 5. The number of hydrogen-bond acceptors (Lipinski definition) is 10. The molecule has 262 valence electrons. The molecule has 0 saturated carbocycles. The van der Waals surface area contributed by atoms with Crippen LogP contribution >= 0.6 is 11.6 Å². The number of nitrogens with zero attached hydrogens (tertiary/aromatic N) is 8. The molecule has 1 unspecified atom stereocenters. The van der Waals surface area contributed by atoms with Crippen LogP contribution in [0.15, 0.2) is 24.5 Å². The molecule has 3 atom stereocenters. The molecule has 1 amide bonds. The molecule has 2 aromatic heterocycles. The first kappa shape index (κ1) is 32.9. The van der Waals surface area contributed by atoms with Crippen molar-refractivity contribution in [1.82, 2.24) is 29.5 Å². The van der Waals surface area contributed by atoms with Gasteiger partial charge in [0.05, 0.1) is 41.4 Å². The lowest BCUT2D eigenvalue weighted by molar-refractivity contribution is -0.0856. The van der Waals surface area contributed by atoms with E-state index in [9.17, 15) is 14.4 Å². The highest BCUT2D eigenvalue weighted by molar-refractivity contribution is 6.34. The molecule has 8 rings (SSSR count). The van der Waals surface area contributed by atoms with Gasteiger partial charge in [-0.2, -0.15) is 20.3 Å². The van der Waals surface area contributed by atoms with Crippen molar-refractivity contribution in [3.8, 4) is 12.1 Å². The van der Waals surface area contributed by atoms with E-state index in [2.05, 4.69) is 21.0 Å². The Bertz CT molecular complexity index is 1940. The summed E-state index contributed by atoms with van der Waals surface area (Å²) in [5.74, 6) is 0.406. The third-order valence-corrected chi connectivity index (χ3v) is 11.6. The minimum absolute atomic E-state index is 0.180. The van der Waals surface area contributed by atoms with E-state index in [4.69, 9.17) is 36.8 Å². The fraction of sp³-hybridized carbons (Fsp3) is 0.528. The van der Waals surface area contributed by atoms with Gasteiger partial charge >= 0.3 is 6.01 Å². The van der Waals surface area contributed by atoms with Crippen molar-refractivity contribution in [1.29, 1.82) is 5.26 Å². The summed E-state index contributed by atoms with van der Waals surface area (Å²) in [5, 5.41) is 15.1. The summed E-state index contributed by atoms with van der Waals surface area (Å²) >= 11 is 6.84. The van der Waals surface area contributed by atoms with Crippen molar-refractivity contribution in [2.24, 2.45) is 0 Å². The highest BCUT2D eigenvalue weighted by Gasteiger charge is 2.48. The van der Waals surface area contributed by atoms with Gasteiger partial charge in [-0.1, -0.05) is 17.7 Å². The molecule has 4 aliphatic heterocycles. The molecule has 1 aromatic carbocycles. The second-order valence-electron chi connectivity index (χ2n) is 14.4. The first-order valence-corrected chi connectivity index (χ1v) is 17.8. The Hall–Kier alpha value is -4.25. The van der Waals surface area contributed by atoms with Gasteiger partial charge in [-0.25, -0.2) is 4.39 Å². The van der Waals surface area contributed by atoms with Crippen LogP contribution in [0.3, 0.4) is 0 Å². The van der Waals surface area contributed by atoms with E-state index in [1.807, 2.05) is 16.8 Å². The number of aromatic nitrogens is 4. The van der Waals surface area contributed by atoms with E-state index in [1.54, 1.807) is 26.4 Å². The smallest absolute Gasteiger partial charge is 0.323 e. The van der Waals surface area contributed by atoms with Gasteiger partial charge in [0, 0.05) is 68.9 Å². The van der Waals surface area contributed by atoms with Crippen LogP contribution in [0, 0.1) is 11.3 Å². The van der Waals surface area contributed by atoms with Crippen molar-refractivity contribution in [3.63, 3.8) is 0 Å². The summed E-state index contributed by atoms with van der Waals surface area (Å²) < 4.78 is 29.3. The maximum absolute atomic E-state index is 14.5. The zero-order chi connectivity index (χ0) is 34.8. The topological polar surface area (TPSA) is 139 Å². The lowest BCUT2D eigenvalue weighted by atomic mass is 9.72. The molecule has 0 bridgehead atoms. The molecule has 3 aromatic rings. The Labute approximate surface area is 295 Å². The lowest BCUT2D eigenvalue weighted by Gasteiger charge is -2.43. The molecular formula is C36H41ClFN9O3. The van der Waals surface area contributed by atoms with Crippen LogP contribution in [0.5, 0.6) is 6.01 Å². The maximum atomic E-state index is 14.5. The van der Waals surface area contributed by atoms with Crippen LogP contribution in [-0.2, 0) is 42.9 Å². The molecule has 12 nitrogen and oxygen atoms in total. The summed E-state index contributed by atoms with van der Waals surface area (Å²) in [4.78, 5) is 28.6. The molecular weight excluding hydrogens is 661 g/mol. The fourth-order valence-corrected chi connectivity index (χ4v) is 9.07. The number of hydrogen-bond donors (Lipinski definition) is 1. The minimum atomic E-state index is -0.856. The largest absolute Gasteiger partial charge is 0.432 e. The van der Waals surface area contributed by atoms with E-state index < -0.39 is 11.8 Å². The molecule has 6 heterocycles. The Balaban J connectivity index is 1.19. The number of ether oxygens (including phenoxy) is 2. The van der Waals surface area contributed by atoms with Gasteiger partial charge in [0.15, 0.2) is 5.69 Å². The Kier molecular flexibility index (Phi) is 8.24.